The van der Waals surface area contributed by atoms with Crippen molar-refractivity contribution >= 4 is 17.0 Å². The molecule has 0 saturated carbocycles. The van der Waals surface area contributed by atoms with Gasteiger partial charge in [-0.2, -0.15) is 20.1 Å². The number of aromatic amines is 1. The van der Waals surface area contributed by atoms with E-state index >= 15 is 0 Å². The van der Waals surface area contributed by atoms with Crippen molar-refractivity contribution in [2.75, 3.05) is 5.73 Å². The molecule has 0 aromatic carbocycles. The normalized spacial score (nSPS) is 10.9. The fourth-order valence-electron chi connectivity index (χ4n) is 1.36. The molecule has 3 rings (SSSR count). The second-order valence-corrected chi connectivity index (χ2v) is 3.32. The minimum absolute atomic E-state index is 0.0904. The zero-order valence-corrected chi connectivity index (χ0v) is 8.82. The number of nitrogens with one attached hydrogen (secondary N) is 1. The fourth-order valence-corrected chi connectivity index (χ4v) is 1.36. The minimum atomic E-state index is 0.0904. The number of anilines is 1. The fraction of sp³-hybridized carbons (Fsp3) is 0.125. The highest BCUT2D eigenvalue weighted by molar-refractivity contribution is 5.80. The number of H-pyrrole nitrogens is 1. The standard InChI is InChI=1S/C8H8N8O/c1-16-3-10-8(15-16)17-6-4-2-11-14-5(4)12-7(9)13-6/h2-3H,1H3,(H3,9,11,12,13,14). The number of rotatable bonds is 2. The smallest absolute Gasteiger partial charge is 0.342 e. The number of hydrogen-bond acceptors (Lipinski definition) is 7. The summed E-state index contributed by atoms with van der Waals surface area (Å²) in [6.07, 6.45) is 3.07. The predicted molar refractivity (Wildman–Crippen MR) is 57.2 cm³/mol. The molecule has 9 heteroatoms. The third kappa shape index (κ3) is 1.62. The highest BCUT2D eigenvalue weighted by Gasteiger charge is 2.11. The molecule has 0 spiro atoms. The molecule has 0 atom stereocenters. The van der Waals surface area contributed by atoms with E-state index in [-0.39, 0.29) is 17.8 Å². The van der Waals surface area contributed by atoms with Gasteiger partial charge in [0.2, 0.25) is 11.8 Å². The van der Waals surface area contributed by atoms with E-state index in [0.717, 1.165) is 0 Å². The lowest BCUT2D eigenvalue weighted by Gasteiger charge is -2.01. The molecule has 3 aromatic rings. The van der Waals surface area contributed by atoms with Crippen LogP contribution in [0.25, 0.3) is 11.0 Å². The Morgan fingerprint density at radius 1 is 1.41 bits per heavy atom. The van der Waals surface area contributed by atoms with E-state index in [9.17, 15) is 0 Å². The summed E-state index contributed by atoms with van der Waals surface area (Å²) in [6, 6.07) is 0.188. The molecule has 3 N–H and O–H groups in total. The Morgan fingerprint density at radius 2 is 2.29 bits per heavy atom. The van der Waals surface area contributed by atoms with Gasteiger partial charge in [0.25, 0.3) is 0 Å². The molecule has 0 unspecified atom stereocenters. The van der Waals surface area contributed by atoms with Crippen molar-refractivity contribution in [2.24, 2.45) is 7.05 Å². The van der Waals surface area contributed by atoms with Gasteiger partial charge in [-0.3, -0.25) is 9.78 Å². The number of nitrogens with zero attached hydrogens (tertiary/aromatic N) is 6. The van der Waals surface area contributed by atoms with Crippen LogP contribution in [0, 0.1) is 0 Å². The van der Waals surface area contributed by atoms with E-state index in [0.29, 0.717) is 11.0 Å². The Hall–Kier alpha value is -2.71. The first-order valence-corrected chi connectivity index (χ1v) is 4.72. The first-order chi connectivity index (χ1) is 8.22. The quantitative estimate of drug-likeness (QED) is 0.630. The Kier molecular flexibility index (Phi) is 1.90. The summed E-state index contributed by atoms with van der Waals surface area (Å²) in [4.78, 5) is 11.9. The topological polar surface area (TPSA) is 120 Å². The van der Waals surface area contributed by atoms with Crippen molar-refractivity contribution in [1.29, 1.82) is 0 Å². The maximum Gasteiger partial charge on any atom is 0.342 e. The first kappa shape index (κ1) is 9.51. The van der Waals surface area contributed by atoms with Crippen molar-refractivity contribution < 1.29 is 4.74 Å². The zero-order valence-electron chi connectivity index (χ0n) is 8.82. The van der Waals surface area contributed by atoms with E-state index in [1.54, 1.807) is 13.2 Å². The molecular formula is C8H8N8O. The van der Waals surface area contributed by atoms with Gasteiger partial charge in [-0.15, -0.1) is 5.10 Å². The lowest BCUT2D eigenvalue weighted by atomic mass is 10.4. The summed E-state index contributed by atoms with van der Waals surface area (Å²) in [5.74, 6) is 0.361. The third-order valence-electron chi connectivity index (χ3n) is 2.06. The average molecular weight is 232 g/mol. The molecule has 3 aromatic heterocycles. The summed E-state index contributed by atoms with van der Waals surface area (Å²) in [7, 11) is 1.74. The molecule has 0 aliphatic carbocycles. The number of aryl methyl sites for hydroxylation is 1. The molecule has 0 aliphatic rings. The molecule has 3 heterocycles. The number of nitrogens with two attached hydrogens (primary N) is 1. The van der Waals surface area contributed by atoms with Crippen LogP contribution in [0.1, 0.15) is 0 Å². The second-order valence-electron chi connectivity index (χ2n) is 3.32. The summed E-state index contributed by atoms with van der Waals surface area (Å²) in [6.45, 7) is 0. The van der Waals surface area contributed by atoms with E-state index in [2.05, 4.69) is 30.2 Å². The Morgan fingerprint density at radius 3 is 3.06 bits per heavy atom. The van der Waals surface area contributed by atoms with Crippen molar-refractivity contribution in [3.8, 4) is 11.9 Å². The van der Waals surface area contributed by atoms with E-state index in [1.165, 1.54) is 11.0 Å². The van der Waals surface area contributed by atoms with Crippen LogP contribution in [-0.2, 0) is 7.05 Å². The van der Waals surface area contributed by atoms with Gasteiger partial charge in [-0.05, 0) is 0 Å². The maximum atomic E-state index is 5.55. The molecule has 0 bridgehead atoms. The third-order valence-corrected chi connectivity index (χ3v) is 2.06. The average Bonchev–Trinajstić information content (AvgIpc) is 2.87. The van der Waals surface area contributed by atoms with Crippen molar-refractivity contribution in [3.63, 3.8) is 0 Å². The number of hydrogen-bond donors (Lipinski definition) is 2. The van der Waals surface area contributed by atoms with Crippen LogP contribution in [0.2, 0.25) is 0 Å². The van der Waals surface area contributed by atoms with Gasteiger partial charge >= 0.3 is 6.01 Å². The Labute approximate surface area is 94.7 Å². The highest BCUT2D eigenvalue weighted by Crippen LogP contribution is 2.24. The van der Waals surface area contributed by atoms with Gasteiger partial charge in [0.15, 0.2) is 5.65 Å². The molecule has 0 fully saturated rings. The number of nitrogen functional groups attached to an aromatic ring is 1. The van der Waals surface area contributed by atoms with Crippen LogP contribution >= 0.6 is 0 Å². The molecule has 0 radical (unpaired) electrons. The van der Waals surface area contributed by atoms with Gasteiger partial charge in [0.1, 0.15) is 11.7 Å². The minimum Gasteiger partial charge on any atom is -0.403 e. The Balaban J connectivity index is 2.07. The highest BCUT2D eigenvalue weighted by atomic mass is 16.5. The van der Waals surface area contributed by atoms with Crippen LogP contribution in [0.5, 0.6) is 11.9 Å². The number of ether oxygens (including phenoxy) is 1. The number of aromatic nitrogens is 7. The van der Waals surface area contributed by atoms with E-state index < -0.39 is 0 Å². The molecule has 0 amide bonds. The van der Waals surface area contributed by atoms with Crippen LogP contribution in [0.3, 0.4) is 0 Å². The molecule has 17 heavy (non-hydrogen) atoms. The summed E-state index contributed by atoms with van der Waals surface area (Å²) in [5.41, 5.74) is 6.05. The molecule has 9 nitrogen and oxygen atoms in total. The van der Waals surface area contributed by atoms with Gasteiger partial charge < -0.3 is 10.5 Å². The lowest BCUT2D eigenvalue weighted by molar-refractivity contribution is 0.428. The molecule has 0 aliphatic heterocycles. The SMILES string of the molecule is Cn1cnc(Oc2nc(N)nc3[nH]ncc23)n1. The second kappa shape index (κ2) is 3.40. The molecule has 0 saturated heterocycles. The van der Waals surface area contributed by atoms with Gasteiger partial charge in [-0.25, -0.2) is 0 Å². The van der Waals surface area contributed by atoms with Gasteiger partial charge in [0.05, 0.1) is 6.20 Å². The van der Waals surface area contributed by atoms with Gasteiger partial charge in [0, 0.05) is 7.05 Å². The summed E-state index contributed by atoms with van der Waals surface area (Å²) < 4.78 is 6.94. The summed E-state index contributed by atoms with van der Waals surface area (Å²) >= 11 is 0. The molecule has 86 valence electrons. The van der Waals surface area contributed by atoms with Crippen molar-refractivity contribution in [2.45, 2.75) is 0 Å². The largest absolute Gasteiger partial charge is 0.403 e. The molecular weight excluding hydrogens is 224 g/mol. The van der Waals surface area contributed by atoms with E-state index in [1.807, 2.05) is 0 Å². The van der Waals surface area contributed by atoms with Crippen LogP contribution < -0.4 is 10.5 Å². The maximum absolute atomic E-state index is 5.55. The summed E-state index contributed by atoms with van der Waals surface area (Å²) in [5, 5.41) is 11.1. The van der Waals surface area contributed by atoms with Gasteiger partial charge in [-0.1, -0.05) is 0 Å². The van der Waals surface area contributed by atoms with Crippen LogP contribution in [-0.4, -0.2) is 34.9 Å². The Bertz CT molecular complexity index is 671. The predicted octanol–water partition coefficient (Wildman–Crippen LogP) is -0.144. The zero-order chi connectivity index (χ0) is 11.8. The lowest BCUT2D eigenvalue weighted by Crippen LogP contribution is -1.99. The van der Waals surface area contributed by atoms with Crippen LogP contribution in [0.15, 0.2) is 12.5 Å². The monoisotopic (exact) mass is 232 g/mol. The van der Waals surface area contributed by atoms with E-state index in [4.69, 9.17) is 10.5 Å². The number of fused-ring (bicyclic) bond motifs is 1. The van der Waals surface area contributed by atoms with Crippen molar-refractivity contribution in [3.05, 3.63) is 12.5 Å². The first-order valence-electron chi connectivity index (χ1n) is 4.72. The van der Waals surface area contributed by atoms with Crippen LogP contribution in [0.4, 0.5) is 5.95 Å². The van der Waals surface area contributed by atoms with Crippen molar-refractivity contribution in [1.82, 2.24) is 34.9 Å².